The molecule has 2 N–H and O–H groups in total. The van der Waals surface area contributed by atoms with Gasteiger partial charge in [0.05, 0.1) is 13.1 Å². The average molecular weight is 492 g/mol. The van der Waals surface area contributed by atoms with Crippen molar-refractivity contribution in [1.29, 1.82) is 0 Å². The van der Waals surface area contributed by atoms with Crippen LogP contribution >= 0.6 is 46.7 Å². The van der Waals surface area contributed by atoms with Crippen LogP contribution in [0.15, 0.2) is 34.6 Å². The molecule has 0 aromatic carbocycles. The zero-order chi connectivity index (χ0) is 17.4. The molecule has 0 aliphatic carbocycles. The average Bonchev–Trinajstić information content (AvgIpc) is 3.25. The van der Waals surface area contributed by atoms with Crippen LogP contribution in [0.25, 0.3) is 0 Å². The first-order valence-electron chi connectivity index (χ1n) is 7.90. The molecule has 1 amide bonds. The van der Waals surface area contributed by atoms with Crippen LogP contribution in [0.5, 0.6) is 0 Å². The number of hydrogen-bond donors (Lipinski definition) is 2. The first-order valence-corrected chi connectivity index (χ1v) is 9.60. The number of nitrogens with one attached hydrogen (secondary N) is 2. The summed E-state index contributed by atoms with van der Waals surface area (Å²) in [5, 5.41) is 8.65. The van der Waals surface area contributed by atoms with Gasteiger partial charge in [-0.2, -0.15) is 0 Å². The molecular formula is C17H25IN4OS2. The van der Waals surface area contributed by atoms with E-state index in [0.29, 0.717) is 19.0 Å². The van der Waals surface area contributed by atoms with Crippen molar-refractivity contribution in [3.63, 3.8) is 0 Å². The van der Waals surface area contributed by atoms with Crippen LogP contribution in [-0.2, 0) is 24.3 Å². The summed E-state index contributed by atoms with van der Waals surface area (Å²) in [6.45, 7) is 3.70. The number of rotatable bonds is 7. The number of thiophene rings is 2. The number of amides is 1. The third kappa shape index (κ3) is 7.74. The van der Waals surface area contributed by atoms with Crippen LogP contribution in [0.1, 0.15) is 21.6 Å². The minimum absolute atomic E-state index is 0. The molecular weight excluding hydrogens is 467 g/mol. The van der Waals surface area contributed by atoms with Gasteiger partial charge in [-0.25, -0.2) is 4.99 Å². The third-order valence-electron chi connectivity index (χ3n) is 3.38. The van der Waals surface area contributed by atoms with Crippen molar-refractivity contribution in [2.45, 2.75) is 26.4 Å². The van der Waals surface area contributed by atoms with Gasteiger partial charge in [-0.05, 0) is 30.0 Å². The van der Waals surface area contributed by atoms with Crippen molar-refractivity contribution in [2.24, 2.45) is 4.99 Å². The van der Waals surface area contributed by atoms with Crippen molar-refractivity contribution in [3.8, 4) is 0 Å². The number of hydrogen-bond acceptors (Lipinski definition) is 4. The summed E-state index contributed by atoms with van der Waals surface area (Å²) in [7, 11) is 3.48. The van der Waals surface area contributed by atoms with Crippen LogP contribution in [-0.4, -0.2) is 37.4 Å². The maximum absolute atomic E-state index is 11.8. The van der Waals surface area contributed by atoms with Gasteiger partial charge in [-0.15, -0.1) is 46.7 Å². The normalized spacial score (nSPS) is 10.9. The van der Waals surface area contributed by atoms with E-state index < -0.39 is 0 Å². The number of halogens is 1. The Hall–Kier alpha value is -1.13. The molecule has 5 nitrogen and oxygen atoms in total. The highest BCUT2D eigenvalue weighted by molar-refractivity contribution is 14.0. The molecule has 0 saturated carbocycles. The Morgan fingerprint density at radius 3 is 2.36 bits per heavy atom. The van der Waals surface area contributed by atoms with E-state index in [4.69, 9.17) is 0 Å². The van der Waals surface area contributed by atoms with E-state index in [1.807, 2.05) is 6.07 Å². The topological polar surface area (TPSA) is 56.7 Å². The molecule has 25 heavy (non-hydrogen) atoms. The summed E-state index contributed by atoms with van der Waals surface area (Å²) in [5.41, 5.74) is 0. The SMILES string of the molecule is CCc1ccc(CNC(=NCC(=O)N(C)C)NCc2cccs2)s1.I. The highest BCUT2D eigenvalue weighted by atomic mass is 127. The monoisotopic (exact) mass is 492 g/mol. The van der Waals surface area contributed by atoms with E-state index in [-0.39, 0.29) is 36.4 Å². The minimum atomic E-state index is -0.0170. The Labute approximate surface area is 174 Å². The Balaban J connectivity index is 0.00000312. The predicted molar refractivity (Wildman–Crippen MR) is 118 cm³/mol. The molecule has 8 heteroatoms. The summed E-state index contributed by atoms with van der Waals surface area (Å²) >= 11 is 3.50. The van der Waals surface area contributed by atoms with E-state index in [2.05, 4.69) is 46.1 Å². The van der Waals surface area contributed by atoms with Gasteiger partial charge in [-0.1, -0.05) is 13.0 Å². The fourth-order valence-electron chi connectivity index (χ4n) is 1.92. The van der Waals surface area contributed by atoms with Gasteiger partial charge in [0.2, 0.25) is 5.91 Å². The van der Waals surface area contributed by atoms with Crippen LogP contribution in [0.4, 0.5) is 0 Å². The van der Waals surface area contributed by atoms with Crippen LogP contribution < -0.4 is 10.6 Å². The molecule has 0 aliphatic rings. The second-order valence-corrected chi connectivity index (χ2v) is 7.75. The number of carbonyl (C=O) groups excluding carboxylic acids is 1. The highest BCUT2D eigenvalue weighted by Crippen LogP contribution is 2.16. The first kappa shape index (κ1) is 21.9. The van der Waals surface area contributed by atoms with Crippen molar-refractivity contribution in [3.05, 3.63) is 44.3 Å². The molecule has 2 heterocycles. The summed E-state index contributed by atoms with van der Waals surface area (Å²) in [4.78, 5) is 21.6. The Kier molecular flexibility index (Phi) is 10.1. The summed E-state index contributed by atoms with van der Waals surface area (Å²) in [5.74, 6) is 0.640. The van der Waals surface area contributed by atoms with Gasteiger partial charge in [0.15, 0.2) is 5.96 Å². The van der Waals surface area contributed by atoms with Crippen molar-refractivity contribution in [1.82, 2.24) is 15.5 Å². The van der Waals surface area contributed by atoms with Crippen molar-refractivity contribution >= 4 is 58.5 Å². The molecule has 0 bridgehead atoms. The summed E-state index contributed by atoms with van der Waals surface area (Å²) in [6, 6.07) is 8.40. The fraction of sp³-hybridized carbons (Fsp3) is 0.412. The molecule has 0 saturated heterocycles. The van der Waals surface area contributed by atoms with Crippen molar-refractivity contribution in [2.75, 3.05) is 20.6 Å². The number of likely N-dealkylation sites (N-methyl/N-ethyl adjacent to an activating group) is 1. The molecule has 0 fully saturated rings. The minimum Gasteiger partial charge on any atom is -0.351 e. The Morgan fingerprint density at radius 2 is 1.80 bits per heavy atom. The van der Waals surface area contributed by atoms with Gasteiger partial charge in [0, 0.05) is 28.7 Å². The maximum Gasteiger partial charge on any atom is 0.243 e. The third-order valence-corrected chi connectivity index (χ3v) is 5.48. The van der Waals surface area contributed by atoms with E-state index >= 15 is 0 Å². The van der Waals surface area contributed by atoms with Crippen LogP contribution in [0, 0.1) is 0 Å². The lowest BCUT2D eigenvalue weighted by molar-refractivity contribution is -0.127. The smallest absolute Gasteiger partial charge is 0.243 e. The van der Waals surface area contributed by atoms with E-state index in [1.165, 1.54) is 14.6 Å². The van der Waals surface area contributed by atoms with Gasteiger partial charge in [-0.3, -0.25) is 4.79 Å². The van der Waals surface area contributed by atoms with Crippen molar-refractivity contribution < 1.29 is 4.79 Å². The predicted octanol–water partition coefficient (Wildman–Crippen LogP) is 3.31. The molecule has 0 radical (unpaired) electrons. The number of carbonyl (C=O) groups is 1. The van der Waals surface area contributed by atoms with Gasteiger partial charge >= 0.3 is 0 Å². The van der Waals surface area contributed by atoms with E-state index in [0.717, 1.165) is 6.42 Å². The van der Waals surface area contributed by atoms with Gasteiger partial charge < -0.3 is 15.5 Å². The van der Waals surface area contributed by atoms with Crippen LogP contribution in [0.2, 0.25) is 0 Å². The number of aryl methyl sites for hydroxylation is 1. The molecule has 2 rings (SSSR count). The molecule has 0 aliphatic heterocycles. The molecule has 0 spiro atoms. The second-order valence-electron chi connectivity index (χ2n) is 5.46. The lowest BCUT2D eigenvalue weighted by Gasteiger charge is -2.13. The number of nitrogens with zero attached hydrogens (tertiary/aromatic N) is 2. The largest absolute Gasteiger partial charge is 0.351 e. The van der Waals surface area contributed by atoms with Gasteiger partial charge in [0.25, 0.3) is 0 Å². The Morgan fingerprint density at radius 1 is 1.12 bits per heavy atom. The molecule has 2 aromatic heterocycles. The molecule has 138 valence electrons. The lowest BCUT2D eigenvalue weighted by atomic mass is 10.3. The zero-order valence-electron chi connectivity index (χ0n) is 14.7. The van der Waals surface area contributed by atoms with E-state index in [1.54, 1.807) is 41.7 Å². The zero-order valence-corrected chi connectivity index (χ0v) is 18.7. The second kappa shape index (κ2) is 11.5. The summed E-state index contributed by atoms with van der Waals surface area (Å²) < 4.78 is 0. The number of aliphatic imine (C=N–C) groups is 1. The first-order chi connectivity index (χ1) is 11.6. The van der Waals surface area contributed by atoms with E-state index in [9.17, 15) is 4.79 Å². The van der Waals surface area contributed by atoms with Gasteiger partial charge in [0.1, 0.15) is 6.54 Å². The standard InChI is InChI=1S/C17H24N4OS2.HI/c1-4-13-7-8-15(24-13)11-19-17(20-12-16(22)21(2)3)18-10-14-6-5-9-23-14;/h5-9H,4,10-12H2,1-3H3,(H2,18,19,20);1H. The van der Waals surface area contributed by atoms with Crippen LogP contribution in [0.3, 0.4) is 0 Å². The quantitative estimate of drug-likeness (QED) is 0.354. The Bertz CT molecular complexity index is 668. The molecule has 2 aromatic rings. The maximum atomic E-state index is 11.8. The summed E-state index contributed by atoms with van der Waals surface area (Å²) in [6.07, 6.45) is 1.06. The number of guanidine groups is 1. The fourth-order valence-corrected chi connectivity index (χ4v) is 3.47. The molecule has 0 unspecified atom stereocenters. The lowest BCUT2D eigenvalue weighted by Crippen LogP contribution is -2.37. The molecule has 0 atom stereocenters. The highest BCUT2D eigenvalue weighted by Gasteiger charge is 2.06.